The Morgan fingerprint density at radius 3 is 2.61 bits per heavy atom. The van der Waals surface area contributed by atoms with Crippen LogP contribution in [0.25, 0.3) is 11.1 Å². The molecule has 0 spiro atoms. The lowest BCUT2D eigenvalue weighted by atomic mass is 9.94. The maximum atomic E-state index is 13.5. The number of carboxylic acid groups (broad SMARTS) is 1. The number of ether oxygens (including phenoxy) is 1. The minimum atomic E-state index is -2.94. The molecule has 3 rings (SSSR count). The van der Waals surface area contributed by atoms with Crippen LogP contribution in [0, 0.1) is 11.3 Å². The first-order valence-corrected chi connectivity index (χ1v) is 8.60. The summed E-state index contributed by atoms with van der Waals surface area (Å²) in [7, 11) is 0. The molecule has 1 aliphatic heterocycles. The van der Waals surface area contributed by atoms with Crippen LogP contribution >= 0.6 is 0 Å². The summed E-state index contributed by atoms with van der Waals surface area (Å²) in [6.45, 7) is 2.68. The first kappa shape index (κ1) is 19.4. The molecular formula is C21H18F2N2O3. The molecule has 0 aromatic heterocycles. The van der Waals surface area contributed by atoms with E-state index in [0.29, 0.717) is 46.7 Å². The smallest absolute Gasteiger partial charge is 0.332 e. The summed E-state index contributed by atoms with van der Waals surface area (Å²) < 4.78 is 32.7. The second-order valence-electron chi connectivity index (χ2n) is 6.61. The first-order valence-electron chi connectivity index (χ1n) is 8.60. The first-order chi connectivity index (χ1) is 13.2. The van der Waals surface area contributed by atoms with E-state index in [2.05, 4.69) is 11.4 Å². The number of halogens is 2. The number of hydrogen-bond donors (Lipinski definition) is 2. The number of carboxylic acids is 1. The van der Waals surface area contributed by atoms with Crippen LogP contribution in [0.5, 0.6) is 5.75 Å². The number of alkyl halides is 2. The minimum Gasteiger partial charge on any atom is -0.492 e. The maximum absolute atomic E-state index is 13.5. The van der Waals surface area contributed by atoms with E-state index in [1.807, 2.05) is 0 Å². The number of anilines is 1. The zero-order valence-corrected chi connectivity index (χ0v) is 15.3. The van der Waals surface area contributed by atoms with E-state index < -0.39 is 11.9 Å². The minimum absolute atomic E-state index is 0.0803. The maximum Gasteiger partial charge on any atom is 0.332 e. The highest BCUT2D eigenvalue weighted by atomic mass is 19.3. The molecule has 0 unspecified atom stereocenters. The Balaban J connectivity index is 2.10. The van der Waals surface area contributed by atoms with E-state index in [9.17, 15) is 18.8 Å². The van der Waals surface area contributed by atoms with E-state index in [1.165, 1.54) is 25.3 Å². The van der Waals surface area contributed by atoms with E-state index in [4.69, 9.17) is 9.84 Å². The molecule has 0 aliphatic carbocycles. The van der Waals surface area contributed by atoms with Gasteiger partial charge in [-0.1, -0.05) is 24.3 Å². The van der Waals surface area contributed by atoms with Crippen molar-refractivity contribution in [3.8, 4) is 22.9 Å². The average Bonchev–Trinajstić information content (AvgIpc) is 3.14. The second-order valence-corrected chi connectivity index (χ2v) is 6.61. The van der Waals surface area contributed by atoms with Gasteiger partial charge in [0.2, 0.25) is 0 Å². The molecule has 0 atom stereocenters. The van der Waals surface area contributed by atoms with Crippen LogP contribution in [0.15, 0.2) is 42.1 Å². The molecule has 144 valence electrons. The lowest BCUT2D eigenvalue weighted by molar-refractivity contribution is -0.132. The number of carbonyl (C=O) groups is 1. The largest absolute Gasteiger partial charge is 0.492 e. The number of hydrogen-bond acceptors (Lipinski definition) is 4. The fourth-order valence-electron chi connectivity index (χ4n) is 3.03. The zero-order valence-electron chi connectivity index (χ0n) is 15.3. The van der Waals surface area contributed by atoms with Crippen molar-refractivity contribution in [2.75, 3.05) is 11.9 Å². The van der Waals surface area contributed by atoms with Crippen molar-refractivity contribution < 1.29 is 23.4 Å². The molecule has 2 N–H and O–H groups in total. The van der Waals surface area contributed by atoms with Gasteiger partial charge in [-0.2, -0.15) is 5.26 Å². The molecule has 1 heterocycles. The SMILES string of the molecule is CC(=CNc1cc(-c2ccc(C(C)(F)F)cc2)c2c(c1C#N)CCO2)C(=O)O. The van der Waals surface area contributed by atoms with E-state index in [0.717, 1.165) is 6.92 Å². The predicted molar refractivity (Wildman–Crippen MR) is 100 cm³/mol. The fraction of sp³-hybridized carbons (Fsp3) is 0.238. The molecule has 0 saturated carbocycles. The van der Waals surface area contributed by atoms with Crippen molar-refractivity contribution in [1.82, 2.24) is 0 Å². The molecular weight excluding hydrogens is 366 g/mol. The lowest BCUT2D eigenvalue weighted by Crippen LogP contribution is -2.06. The molecule has 5 nitrogen and oxygen atoms in total. The van der Waals surface area contributed by atoms with Crippen molar-refractivity contribution in [1.29, 1.82) is 5.26 Å². The summed E-state index contributed by atoms with van der Waals surface area (Å²) in [4.78, 5) is 11.0. The van der Waals surface area contributed by atoms with Crippen molar-refractivity contribution >= 4 is 11.7 Å². The summed E-state index contributed by atoms with van der Waals surface area (Å²) in [6.07, 6.45) is 1.85. The topological polar surface area (TPSA) is 82.3 Å². The highest BCUT2D eigenvalue weighted by Crippen LogP contribution is 2.42. The highest BCUT2D eigenvalue weighted by molar-refractivity contribution is 5.87. The number of benzene rings is 2. The van der Waals surface area contributed by atoms with Crippen LogP contribution in [0.4, 0.5) is 14.5 Å². The molecule has 28 heavy (non-hydrogen) atoms. The third-order valence-corrected chi connectivity index (χ3v) is 4.57. The Kier molecular flexibility index (Phi) is 5.06. The monoisotopic (exact) mass is 384 g/mol. The zero-order chi connectivity index (χ0) is 20.5. The van der Waals surface area contributed by atoms with Gasteiger partial charge >= 0.3 is 5.97 Å². The van der Waals surface area contributed by atoms with E-state index in [-0.39, 0.29) is 11.1 Å². The van der Waals surface area contributed by atoms with Gasteiger partial charge in [0.25, 0.3) is 5.92 Å². The van der Waals surface area contributed by atoms with Crippen LogP contribution in [-0.2, 0) is 17.1 Å². The van der Waals surface area contributed by atoms with Gasteiger partial charge < -0.3 is 15.2 Å². The van der Waals surface area contributed by atoms with Crippen molar-refractivity contribution in [2.24, 2.45) is 0 Å². The molecule has 0 amide bonds. The molecule has 0 bridgehead atoms. The van der Waals surface area contributed by atoms with Gasteiger partial charge in [0.15, 0.2) is 0 Å². The number of nitrogens with zero attached hydrogens (tertiary/aromatic N) is 1. The summed E-state index contributed by atoms with van der Waals surface area (Å²) in [5, 5.41) is 21.5. The van der Waals surface area contributed by atoms with Gasteiger partial charge in [0.05, 0.1) is 17.9 Å². The Hall–Kier alpha value is -3.40. The van der Waals surface area contributed by atoms with Gasteiger partial charge in [-0.05, 0) is 18.6 Å². The van der Waals surface area contributed by atoms with Crippen molar-refractivity contribution in [3.63, 3.8) is 0 Å². The predicted octanol–water partition coefficient (Wildman–Crippen LogP) is 4.67. The summed E-state index contributed by atoms with van der Waals surface area (Å²) >= 11 is 0. The summed E-state index contributed by atoms with van der Waals surface area (Å²) in [5.41, 5.74) is 2.83. The van der Waals surface area contributed by atoms with Gasteiger partial charge in [0.1, 0.15) is 11.8 Å². The lowest BCUT2D eigenvalue weighted by Gasteiger charge is -2.15. The van der Waals surface area contributed by atoms with Crippen molar-refractivity contribution in [3.05, 3.63) is 58.8 Å². The summed E-state index contributed by atoms with van der Waals surface area (Å²) in [6, 6.07) is 9.69. The van der Waals surface area contributed by atoms with Gasteiger partial charge in [-0.25, -0.2) is 13.6 Å². The Labute approximate surface area is 160 Å². The highest BCUT2D eigenvalue weighted by Gasteiger charge is 2.26. The van der Waals surface area contributed by atoms with Crippen LogP contribution in [0.2, 0.25) is 0 Å². The average molecular weight is 384 g/mol. The number of fused-ring (bicyclic) bond motifs is 1. The van der Waals surface area contributed by atoms with Crippen LogP contribution in [0.1, 0.15) is 30.5 Å². The van der Waals surface area contributed by atoms with Crippen LogP contribution in [0.3, 0.4) is 0 Å². The number of nitriles is 1. The normalized spacial score (nSPS) is 13.5. The Morgan fingerprint density at radius 2 is 2.04 bits per heavy atom. The molecule has 0 radical (unpaired) electrons. The molecule has 2 aromatic carbocycles. The van der Waals surface area contributed by atoms with E-state index >= 15 is 0 Å². The molecule has 1 aliphatic rings. The number of nitrogens with one attached hydrogen (secondary N) is 1. The summed E-state index contributed by atoms with van der Waals surface area (Å²) in [5.74, 6) is -3.46. The number of rotatable bonds is 5. The van der Waals surface area contributed by atoms with Gasteiger partial charge in [-0.3, -0.25) is 0 Å². The second kappa shape index (κ2) is 7.31. The number of aliphatic carboxylic acids is 1. The van der Waals surface area contributed by atoms with Gasteiger partial charge in [0, 0.05) is 41.8 Å². The Bertz CT molecular complexity index is 1000. The molecule has 0 saturated heterocycles. The van der Waals surface area contributed by atoms with Crippen LogP contribution in [-0.4, -0.2) is 17.7 Å². The standard InChI is InChI=1S/C21H18F2N2O3/c1-12(20(26)27)11-25-18-9-16(19-15(7-8-28-19)17(18)10-24)13-3-5-14(6-4-13)21(2,22)23/h3-6,9,11,25H,7-8H2,1-2H3,(H,26,27). The van der Waals surface area contributed by atoms with Gasteiger partial charge in [-0.15, -0.1) is 0 Å². The third-order valence-electron chi connectivity index (χ3n) is 4.57. The Morgan fingerprint density at radius 1 is 1.36 bits per heavy atom. The van der Waals surface area contributed by atoms with E-state index in [1.54, 1.807) is 18.2 Å². The quantitative estimate of drug-likeness (QED) is 0.732. The molecule has 0 fully saturated rings. The molecule has 7 heteroatoms. The third kappa shape index (κ3) is 3.67. The molecule has 2 aromatic rings. The fourth-order valence-corrected chi connectivity index (χ4v) is 3.03. The van der Waals surface area contributed by atoms with Crippen LogP contribution < -0.4 is 10.1 Å². The van der Waals surface area contributed by atoms with Crippen molar-refractivity contribution in [2.45, 2.75) is 26.2 Å².